The minimum atomic E-state index is -0.552. The summed E-state index contributed by atoms with van der Waals surface area (Å²) in [6, 6.07) is 8.94. The van der Waals surface area contributed by atoms with Crippen LogP contribution < -0.4 is 4.74 Å². The third kappa shape index (κ3) is 3.91. The predicted octanol–water partition coefficient (Wildman–Crippen LogP) is 4.24. The minimum absolute atomic E-state index is 0.118. The van der Waals surface area contributed by atoms with Gasteiger partial charge in [0, 0.05) is 17.5 Å². The second-order valence-corrected chi connectivity index (χ2v) is 6.81. The first-order valence-electron chi connectivity index (χ1n) is 7.72. The Bertz CT molecular complexity index is 760. The van der Waals surface area contributed by atoms with Crippen molar-refractivity contribution in [3.8, 4) is 5.75 Å². The summed E-state index contributed by atoms with van der Waals surface area (Å²) in [5.41, 5.74) is 0.271. The van der Waals surface area contributed by atoms with E-state index in [1.165, 1.54) is 37.1 Å². The smallest absolute Gasteiger partial charge is 0.346 e. The first-order valence-corrected chi connectivity index (χ1v) is 8.60. The lowest BCUT2D eigenvalue weighted by molar-refractivity contribution is -0.384. The van der Waals surface area contributed by atoms with Gasteiger partial charge in [-0.2, -0.15) is 0 Å². The maximum atomic E-state index is 12.4. The van der Waals surface area contributed by atoms with Crippen molar-refractivity contribution in [3.05, 3.63) is 58.3 Å². The second kappa shape index (κ2) is 7.44. The van der Waals surface area contributed by atoms with Crippen LogP contribution in [0, 0.1) is 10.1 Å². The van der Waals surface area contributed by atoms with Gasteiger partial charge in [0.25, 0.3) is 5.69 Å². The highest BCUT2D eigenvalue weighted by molar-refractivity contribution is 7.99. The molecule has 1 saturated carbocycles. The molecule has 1 aliphatic carbocycles. The van der Waals surface area contributed by atoms with Crippen LogP contribution in [-0.2, 0) is 0 Å². The number of nitro groups is 1. The van der Waals surface area contributed by atoms with Crippen LogP contribution in [-0.4, -0.2) is 21.1 Å². The maximum absolute atomic E-state index is 12.4. The Morgan fingerprint density at radius 2 is 2.04 bits per heavy atom. The van der Waals surface area contributed by atoms with Gasteiger partial charge in [-0.05, 0) is 31.0 Å². The monoisotopic (exact) mass is 344 g/mol. The molecular formula is C17H16N2O4S. The summed E-state index contributed by atoms with van der Waals surface area (Å²) in [6.07, 6.45) is 6.32. The quantitative estimate of drug-likeness (QED) is 0.349. The van der Waals surface area contributed by atoms with Gasteiger partial charge in [-0.15, -0.1) is 11.8 Å². The van der Waals surface area contributed by atoms with Gasteiger partial charge in [0.2, 0.25) is 0 Å². The zero-order chi connectivity index (χ0) is 16.9. The predicted molar refractivity (Wildman–Crippen MR) is 90.4 cm³/mol. The Morgan fingerprint density at radius 1 is 1.25 bits per heavy atom. The molecule has 0 saturated heterocycles. The molecule has 1 aliphatic rings. The highest BCUT2D eigenvalue weighted by Crippen LogP contribution is 2.35. The molecular weight excluding hydrogens is 328 g/mol. The van der Waals surface area contributed by atoms with Gasteiger partial charge in [0.1, 0.15) is 10.8 Å². The van der Waals surface area contributed by atoms with Crippen LogP contribution in [0.2, 0.25) is 0 Å². The molecule has 1 aromatic carbocycles. The van der Waals surface area contributed by atoms with Gasteiger partial charge in [-0.1, -0.05) is 18.9 Å². The fraction of sp³-hybridized carbons (Fsp3) is 0.294. The van der Waals surface area contributed by atoms with Crippen LogP contribution in [0.4, 0.5) is 5.69 Å². The van der Waals surface area contributed by atoms with Crippen LogP contribution in [0.25, 0.3) is 0 Å². The van der Waals surface area contributed by atoms with Crippen LogP contribution in [0.1, 0.15) is 36.0 Å². The van der Waals surface area contributed by atoms with Crippen molar-refractivity contribution in [1.82, 2.24) is 4.98 Å². The average molecular weight is 344 g/mol. The number of thioether (sulfide) groups is 1. The molecule has 6 nitrogen and oxygen atoms in total. The van der Waals surface area contributed by atoms with Gasteiger partial charge in [0.15, 0.2) is 0 Å². The topological polar surface area (TPSA) is 82.3 Å². The molecule has 7 heteroatoms. The van der Waals surface area contributed by atoms with E-state index in [4.69, 9.17) is 4.74 Å². The number of pyridine rings is 1. The summed E-state index contributed by atoms with van der Waals surface area (Å²) >= 11 is 1.60. The molecule has 24 heavy (non-hydrogen) atoms. The van der Waals surface area contributed by atoms with E-state index in [9.17, 15) is 14.9 Å². The number of carbonyl (C=O) groups is 1. The summed E-state index contributed by atoms with van der Waals surface area (Å²) in [5.74, 6) is -0.404. The Hall–Kier alpha value is -2.41. The fourth-order valence-electron chi connectivity index (χ4n) is 2.63. The number of carbonyl (C=O) groups excluding carboxylic acids is 1. The molecule has 124 valence electrons. The third-order valence-corrected chi connectivity index (χ3v) is 5.16. The van der Waals surface area contributed by atoms with Crippen molar-refractivity contribution in [2.24, 2.45) is 0 Å². The van der Waals surface area contributed by atoms with Gasteiger partial charge in [-0.3, -0.25) is 10.1 Å². The lowest BCUT2D eigenvalue weighted by atomic mass is 10.3. The number of hydrogen-bond acceptors (Lipinski definition) is 6. The Kier molecular flexibility index (Phi) is 5.10. The van der Waals surface area contributed by atoms with Crippen molar-refractivity contribution in [1.29, 1.82) is 0 Å². The van der Waals surface area contributed by atoms with Gasteiger partial charge in [0.05, 0.1) is 16.6 Å². The molecule has 0 atom stereocenters. The highest BCUT2D eigenvalue weighted by atomic mass is 32.2. The van der Waals surface area contributed by atoms with E-state index >= 15 is 0 Å². The number of rotatable bonds is 5. The maximum Gasteiger partial charge on any atom is 0.346 e. The molecule has 0 amide bonds. The number of benzene rings is 1. The second-order valence-electron chi connectivity index (χ2n) is 5.52. The van der Waals surface area contributed by atoms with Crippen molar-refractivity contribution >= 4 is 23.4 Å². The van der Waals surface area contributed by atoms with Crippen LogP contribution in [0.5, 0.6) is 5.75 Å². The van der Waals surface area contributed by atoms with Crippen molar-refractivity contribution in [2.75, 3.05) is 0 Å². The Balaban J connectivity index is 1.77. The van der Waals surface area contributed by atoms with Gasteiger partial charge < -0.3 is 4.74 Å². The molecule has 0 bridgehead atoms. The number of nitro benzene ring substituents is 1. The van der Waals surface area contributed by atoms with Crippen LogP contribution in [0.15, 0.2) is 47.6 Å². The number of hydrogen-bond donors (Lipinski definition) is 0. The summed E-state index contributed by atoms with van der Waals surface area (Å²) < 4.78 is 5.30. The van der Waals surface area contributed by atoms with E-state index in [1.807, 2.05) is 0 Å². The molecule has 0 aliphatic heterocycles. The van der Waals surface area contributed by atoms with Crippen molar-refractivity contribution in [2.45, 2.75) is 36.0 Å². The Morgan fingerprint density at radius 3 is 2.79 bits per heavy atom. The number of esters is 1. The molecule has 2 aromatic rings. The van der Waals surface area contributed by atoms with Crippen molar-refractivity contribution < 1.29 is 14.5 Å². The first kappa shape index (κ1) is 16.4. The molecule has 0 N–H and O–H groups in total. The summed E-state index contributed by atoms with van der Waals surface area (Å²) in [7, 11) is 0. The third-order valence-electron chi connectivity index (χ3n) is 3.81. The normalized spacial score (nSPS) is 14.5. The average Bonchev–Trinajstić information content (AvgIpc) is 3.08. The van der Waals surface area contributed by atoms with E-state index in [1.54, 1.807) is 30.1 Å². The number of non-ortho nitro benzene ring substituents is 1. The van der Waals surface area contributed by atoms with Gasteiger partial charge in [-0.25, -0.2) is 9.78 Å². The molecule has 1 aromatic heterocycles. The summed E-state index contributed by atoms with van der Waals surface area (Å²) in [4.78, 5) is 27.0. The van der Waals surface area contributed by atoms with Crippen molar-refractivity contribution in [3.63, 3.8) is 0 Å². The van der Waals surface area contributed by atoms with E-state index in [0.717, 1.165) is 12.8 Å². The molecule has 0 unspecified atom stereocenters. The van der Waals surface area contributed by atoms with E-state index in [0.29, 0.717) is 15.8 Å². The van der Waals surface area contributed by atoms with Gasteiger partial charge >= 0.3 is 5.97 Å². The first-order chi connectivity index (χ1) is 11.6. The highest BCUT2D eigenvalue weighted by Gasteiger charge is 2.22. The SMILES string of the molecule is O=C(Oc1cccc([N+](=O)[O-])c1)c1cccnc1SC1CCCC1. The summed E-state index contributed by atoms with van der Waals surface area (Å²) in [5, 5.41) is 11.9. The molecule has 1 heterocycles. The zero-order valence-corrected chi connectivity index (χ0v) is 13.7. The molecule has 0 radical (unpaired) electrons. The number of nitrogens with zero attached hydrogens (tertiary/aromatic N) is 2. The largest absolute Gasteiger partial charge is 0.423 e. The lowest BCUT2D eigenvalue weighted by Gasteiger charge is -2.11. The Labute approximate surface area is 143 Å². The fourth-order valence-corrected chi connectivity index (χ4v) is 3.91. The molecule has 0 spiro atoms. The standard InChI is InChI=1S/C17H16N2O4S/c20-17(23-13-6-3-5-12(11-13)19(21)22)15-9-4-10-18-16(15)24-14-7-1-2-8-14/h3-6,9-11,14H,1-2,7-8H2. The van der Waals surface area contributed by atoms with E-state index in [-0.39, 0.29) is 11.4 Å². The number of ether oxygens (including phenoxy) is 1. The zero-order valence-electron chi connectivity index (χ0n) is 12.9. The van der Waals surface area contributed by atoms with E-state index < -0.39 is 10.9 Å². The summed E-state index contributed by atoms with van der Waals surface area (Å²) in [6.45, 7) is 0. The number of aromatic nitrogens is 1. The molecule has 1 fully saturated rings. The lowest BCUT2D eigenvalue weighted by Crippen LogP contribution is -2.11. The van der Waals surface area contributed by atoms with E-state index in [2.05, 4.69) is 4.98 Å². The minimum Gasteiger partial charge on any atom is -0.423 e. The van der Waals surface area contributed by atoms with Crippen LogP contribution in [0.3, 0.4) is 0 Å². The van der Waals surface area contributed by atoms with Crippen LogP contribution >= 0.6 is 11.8 Å². The molecule has 3 rings (SSSR count).